The van der Waals surface area contributed by atoms with Gasteiger partial charge in [-0.3, -0.25) is 9.69 Å². The van der Waals surface area contributed by atoms with Crippen molar-refractivity contribution < 1.29 is 4.79 Å². The Balaban J connectivity index is 2.85. The molecule has 1 fully saturated rings. The number of ketones is 1. The van der Waals surface area contributed by atoms with Gasteiger partial charge in [-0.05, 0) is 5.92 Å². The number of hydrogen-bond donors (Lipinski definition) is 0. The second kappa shape index (κ2) is 7.26. The van der Waals surface area contributed by atoms with Gasteiger partial charge in [0, 0.05) is 25.9 Å². The first-order valence-corrected chi connectivity index (χ1v) is 11.2. The maximum Gasteiger partial charge on any atom is 0.135 e. The molecule has 1 aliphatic rings. The van der Waals surface area contributed by atoms with Crippen LogP contribution in [0.2, 0.25) is 19.6 Å². The number of likely N-dealkylation sites (tertiary alicyclic amines) is 1. The molecule has 3 heteroatoms. The highest BCUT2D eigenvalue weighted by Gasteiger charge is 2.27. The number of nitrogens with zero attached hydrogens (tertiary/aromatic N) is 1. The molecule has 0 aromatic rings. The van der Waals surface area contributed by atoms with Crippen LogP contribution in [0.3, 0.4) is 0 Å². The van der Waals surface area contributed by atoms with Crippen LogP contribution in [0.4, 0.5) is 0 Å². The van der Waals surface area contributed by atoms with Crippen molar-refractivity contribution in [2.24, 2.45) is 5.92 Å². The van der Waals surface area contributed by atoms with Crippen molar-refractivity contribution in [3.63, 3.8) is 0 Å². The predicted molar refractivity (Wildman–Crippen MR) is 84.8 cm³/mol. The molecule has 1 saturated heterocycles. The van der Waals surface area contributed by atoms with Crippen molar-refractivity contribution in [3.05, 3.63) is 0 Å². The SMILES string of the molecule is CCC(CC)[C@@H](C#C[Si](C)(C)C)N1CCC(=O)CC1. The second-order valence-corrected chi connectivity index (χ2v) is 11.4. The maximum atomic E-state index is 11.4. The minimum absolute atomic E-state index is 0.356. The molecule has 108 valence electrons. The Bertz CT molecular complexity index is 347. The normalized spacial score (nSPS) is 19.2. The summed E-state index contributed by atoms with van der Waals surface area (Å²) in [5, 5.41) is 0. The molecule has 0 unspecified atom stereocenters. The number of hydrogen-bond acceptors (Lipinski definition) is 2. The van der Waals surface area contributed by atoms with Crippen LogP contribution < -0.4 is 0 Å². The molecule has 1 atom stereocenters. The van der Waals surface area contributed by atoms with Gasteiger partial charge in [0.2, 0.25) is 0 Å². The van der Waals surface area contributed by atoms with E-state index >= 15 is 0 Å². The van der Waals surface area contributed by atoms with E-state index in [9.17, 15) is 4.79 Å². The molecule has 1 heterocycles. The lowest BCUT2D eigenvalue weighted by Gasteiger charge is -2.35. The Morgan fingerprint density at radius 3 is 2.11 bits per heavy atom. The number of carbonyl (C=O) groups excluding carboxylic acids is 1. The average Bonchev–Trinajstić information content (AvgIpc) is 2.35. The fourth-order valence-corrected chi connectivity index (χ4v) is 3.17. The Morgan fingerprint density at radius 1 is 1.16 bits per heavy atom. The summed E-state index contributed by atoms with van der Waals surface area (Å²) in [4.78, 5) is 13.9. The van der Waals surface area contributed by atoms with E-state index in [1.807, 2.05) is 0 Å². The molecule has 0 amide bonds. The lowest BCUT2D eigenvalue weighted by Crippen LogP contribution is -2.44. The van der Waals surface area contributed by atoms with Crippen LogP contribution in [-0.4, -0.2) is 37.9 Å². The van der Waals surface area contributed by atoms with Crippen LogP contribution in [0.25, 0.3) is 0 Å². The molecule has 0 aromatic carbocycles. The Labute approximate surface area is 120 Å². The largest absolute Gasteiger partial charge is 0.300 e. The summed E-state index contributed by atoms with van der Waals surface area (Å²) < 4.78 is 0. The van der Waals surface area contributed by atoms with Gasteiger partial charge in [-0.15, -0.1) is 5.54 Å². The monoisotopic (exact) mass is 279 g/mol. The van der Waals surface area contributed by atoms with Crippen LogP contribution >= 0.6 is 0 Å². The highest BCUT2D eigenvalue weighted by molar-refractivity contribution is 6.83. The molecule has 0 N–H and O–H groups in total. The minimum Gasteiger partial charge on any atom is -0.300 e. The lowest BCUT2D eigenvalue weighted by atomic mass is 9.92. The molecule has 0 aromatic heterocycles. The molecule has 0 radical (unpaired) electrons. The molecular weight excluding hydrogens is 250 g/mol. The predicted octanol–water partition coefficient (Wildman–Crippen LogP) is 3.34. The Kier molecular flexibility index (Phi) is 6.29. The van der Waals surface area contributed by atoms with Crippen LogP contribution in [0.5, 0.6) is 0 Å². The van der Waals surface area contributed by atoms with E-state index in [2.05, 4.69) is 49.9 Å². The van der Waals surface area contributed by atoms with E-state index in [0.29, 0.717) is 30.6 Å². The van der Waals surface area contributed by atoms with Gasteiger partial charge in [0.1, 0.15) is 13.9 Å². The first-order valence-electron chi connectivity index (χ1n) is 7.65. The zero-order valence-electron chi connectivity index (χ0n) is 13.3. The van der Waals surface area contributed by atoms with Crippen molar-refractivity contribution in [1.82, 2.24) is 4.90 Å². The van der Waals surface area contributed by atoms with E-state index in [0.717, 1.165) is 13.1 Å². The fraction of sp³-hybridized carbons (Fsp3) is 0.812. The van der Waals surface area contributed by atoms with E-state index < -0.39 is 8.07 Å². The number of piperidine rings is 1. The first kappa shape index (κ1) is 16.5. The quantitative estimate of drug-likeness (QED) is 0.581. The molecule has 0 spiro atoms. The van der Waals surface area contributed by atoms with Gasteiger partial charge >= 0.3 is 0 Å². The molecular formula is C16H29NOSi. The van der Waals surface area contributed by atoms with Crippen molar-refractivity contribution in [3.8, 4) is 11.5 Å². The zero-order chi connectivity index (χ0) is 14.5. The summed E-state index contributed by atoms with van der Waals surface area (Å²) in [6, 6.07) is 0.356. The number of rotatable bonds is 4. The van der Waals surface area contributed by atoms with Gasteiger partial charge in [0.05, 0.1) is 6.04 Å². The zero-order valence-corrected chi connectivity index (χ0v) is 14.3. The molecule has 1 aliphatic heterocycles. The van der Waals surface area contributed by atoms with Crippen LogP contribution in [0, 0.1) is 17.4 Å². The summed E-state index contributed by atoms with van der Waals surface area (Å²) >= 11 is 0. The molecule has 2 nitrogen and oxygen atoms in total. The van der Waals surface area contributed by atoms with E-state index in [1.165, 1.54) is 12.8 Å². The second-order valence-electron chi connectivity index (χ2n) is 6.62. The third kappa shape index (κ3) is 5.50. The van der Waals surface area contributed by atoms with Crippen LogP contribution in [0.15, 0.2) is 0 Å². The van der Waals surface area contributed by atoms with Crippen molar-refractivity contribution >= 4 is 13.9 Å². The summed E-state index contributed by atoms with van der Waals surface area (Å²) in [5.74, 6) is 4.62. The fourth-order valence-electron chi connectivity index (χ4n) is 2.58. The van der Waals surface area contributed by atoms with Crippen molar-refractivity contribution in [1.29, 1.82) is 0 Å². The Morgan fingerprint density at radius 2 is 1.68 bits per heavy atom. The van der Waals surface area contributed by atoms with E-state index in [1.54, 1.807) is 0 Å². The summed E-state index contributed by atoms with van der Waals surface area (Å²) in [6.45, 7) is 13.2. The van der Waals surface area contributed by atoms with E-state index in [-0.39, 0.29) is 0 Å². The van der Waals surface area contributed by atoms with Crippen LogP contribution in [-0.2, 0) is 4.79 Å². The van der Waals surface area contributed by atoms with Crippen LogP contribution in [0.1, 0.15) is 39.5 Å². The summed E-state index contributed by atoms with van der Waals surface area (Å²) in [6.07, 6.45) is 3.77. The molecule has 0 bridgehead atoms. The molecule has 0 saturated carbocycles. The van der Waals surface area contributed by atoms with Crippen molar-refractivity contribution in [2.75, 3.05) is 13.1 Å². The maximum absolute atomic E-state index is 11.4. The van der Waals surface area contributed by atoms with Gasteiger partial charge in [0.15, 0.2) is 0 Å². The summed E-state index contributed by atoms with van der Waals surface area (Å²) in [7, 11) is -1.32. The summed E-state index contributed by atoms with van der Waals surface area (Å²) in [5.41, 5.74) is 3.54. The standard InChI is InChI=1S/C16H29NOSi/c1-6-14(7-2)16(10-13-19(3,4)5)17-11-8-15(18)9-12-17/h14,16H,6-9,11-12H2,1-5H3/t16-/m1/s1. The third-order valence-electron chi connectivity index (χ3n) is 3.84. The lowest BCUT2D eigenvalue weighted by molar-refractivity contribution is -0.121. The third-order valence-corrected chi connectivity index (χ3v) is 4.73. The minimum atomic E-state index is -1.32. The molecule has 1 rings (SSSR count). The topological polar surface area (TPSA) is 20.3 Å². The number of Topliss-reactive ketones (excluding diaryl/α,β-unsaturated/α-hetero) is 1. The highest BCUT2D eigenvalue weighted by atomic mass is 28.3. The van der Waals surface area contributed by atoms with Gasteiger partial charge in [0.25, 0.3) is 0 Å². The smallest absolute Gasteiger partial charge is 0.135 e. The van der Waals surface area contributed by atoms with Gasteiger partial charge < -0.3 is 0 Å². The Hall–Kier alpha value is -0.593. The van der Waals surface area contributed by atoms with Gasteiger partial charge in [-0.2, -0.15) is 0 Å². The highest BCUT2D eigenvalue weighted by Crippen LogP contribution is 2.21. The van der Waals surface area contributed by atoms with Crippen molar-refractivity contribution in [2.45, 2.75) is 65.2 Å². The first-order chi connectivity index (χ1) is 8.87. The molecule has 0 aliphatic carbocycles. The van der Waals surface area contributed by atoms with Gasteiger partial charge in [-0.1, -0.05) is 52.3 Å². The van der Waals surface area contributed by atoms with Gasteiger partial charge in [-0.25, -0.2) is 0 Å². The average molecular weight is 280 g/mol. The molecule has 19 heavy (non-hydrogen) atoms. The number of carbonyl (C=O) groups is 1. The van der Waals surface area contributed by atoms with E-state index in [4.69, 9.17) is 0 Å².